The molecule has 0 radical (unpaired) electrons. The Kier molecular flexibility index (Phi) is 4.87. The summed E-state index contributed by atoms with van der Waals surface area (Å²) >= 11 is 6.00. The summed E-state index contributed by atoms with van der Waals surface area (Å²) in [5.41, 5.74) is 2.83. The SMILES string of the molecule is NNC(=O)/C(=C\c1ccc2c(c1)OCO2)NC(=O)c1ccccc1Cl. The van der Waals surface area contributed by atoms with Crippen LogP contribution in [0.3, 0.4) is 0 Å². The predicted octanol–water partition coefficient (Wildman–Crippen LogP) is 1.83. The lowest BCUT2D eigenvalue weighted by molar-refractivity contribution is -0.117. The minimum absolute atomic E-state index is 0.0358. The normalized spacial score (nSPS) is 12.6. The molecule has 2 amide bonds. The molecule has 0 unspecified atom stereocenters. The van der Waals surface area contributed by atoms with E-state index in [9.17, 15) is 9.59 Å². The second kappa shape index (κ2) is 7.25. The summed E-state index contributed by atoms with van der Waals surface area (Å²) in [6, 6.07) is 11.6. The van der Waals surface area contributed by atoms with E-state index in [1.165, 1.54) is 6.08 Å². The molecule has 0 fully saturated rings. The van der Waals surface area contributed by atoms with Gasteiger partial charge >= 0.3 is 0 Å². The van der Waals surface area contributed by atoms with Crippen molar-refractivity contribution in [1.29, 1.82) is 0 Å². The summed E-state index contributed by atoms with van der Waals surface area (Å²) in [6.07, 6.45) is 1.47. The van der Waals surface area contributed by atoms with Crippen LogP contribution in [0.15, 0.2) is 48.2 Å². The number of hydrogen-bond acceptors (Lipinski definition) is 5. The van der Waals surface area contributed by atoms with Crippen molar-refractivity contribution in [2.75, 3.05) is 6.79 Å². The maximum atomic E-state index is 12.4. The van der Waals surface area contributed by atoms with Crippen LogP contribution in [0.1, 0.15) is 15.9 Å². The Labute approximate surface area is 148 Å². The van der Waals surface area contributed by atoms with Crippen molar-refractivity contribution in [3.8, 4) is 11.5 Å². The zero-order chi connectivity index (χ0) is 17.8. The third-order valence-corrected chi connectivity index (χ3v) is 3.78. The first-order valence-corrected chi connectivity index (χ1v) is 7.64. The number of nitrogens with one attached hydrogen (secondary N) is 2. The van der Waals surface area contributed by atoms with Crippen LogP contribution in [0, 0.1) is 0 Å². The molecule has 1 heterocycles. The molecule has 0 aliphatic carbocycles. The van der Waals surface area contributed by atoms with Gasteiger partial charge in [0, 0.05) is 0 Å². The Hall–Kier alpha value is -3.03. The highest BCUT2D eigenvalue weighted by Crippen LogP contribution is 2.33. The van der Waals surface area contributed by atoms with Crippen molar-refractivity contribution >= 4 is 29.5 Å². The average Bonchev–Trinajstić information content (AvgIpc) is 3.08. The van der Waals surface area contributed by atoms with Gasteiger partial charge in [-0.05, 0) is 35.9 Å². The molecule has 2 aromatic rings. The molecule has 25 heavy (non-hydrogen) atoms. The van der Waals surface area contributed by atoms with Gasteiger partial charge in [0.25, 0.3) is 11.8 Å². The number of rotatable bonds is 4. The fourth-order valence-corrected chi connectivity index (χ4v) is 2.46. The van der Waals surface area contributed by atoms with E-state index in [2.05, 4.69) is 5.32 Å². The number of hydrogen-bond donors (Lipinski definition) is 3. The van der Waals surface area contributed by atoms with Crippen LogP contribution in [0.5, 0.6) is 11.5 Å². The Bertz CT molecular complexity index is 867. The monoisotopic (exact) mass is 359 g/mol. The Morgan fingerprint density at radius 3 is 2.64 bits per heavy atom. The Morgan fingerprint density at radius 1 is 1.12 bits per heavy atom. The second-order valence-corrected chi connectivity index (χ2v) is 5.49. The lowest BCUT2D eigenvalue weighted by atomic mass is 10.1. The first kappa shape index (κ1) is 16.8. The van der Waals surface area contributed by atoms with E-state index < -0.39 is 11.8 Å². The number of benzene rings is 2. The molecule has 0 spiro atoms. The summed E-state index contributed by atoms with van der Waals surface area (Å²) in [4.78, 5) is 24.4. The zero-order valence-corrected chi connectivity index (χ0v) is 13.7. The van der Waals surface area contributed by atoms with Crippen LogP contribution in [0.4, 0.5) is 0 Å². The highest BCUT2D eigenvalue weighted by atomic mass is 35.5. The van der Waals surface area contributed by atoms with Crippen LogP contribution >= 0.6 is 11.6 Å². The molecule has 0 aromatic heterocycles. The number of amides is 2. The molecule has 0 saturated heterocycles. The number of ether oxygens (including phenoxy) is 2. The van der Waals surface area contributed by atoms with Gasteiger partial charge in [-0.25, -0.2) is 5.84 Å². The van der Waals surface area contributed by atoms with Crippen LogP contribution in [0.25, 0.3) is 6.08 Å². The maximum absolute atomic E-state index is 12.4. The van der Waals surface area contributed by atoms with Gasteiger partial charge in [-0.1, -0.05) is 29.8 Å². The van der Waals surface area contributed by atoms with Crippen LogP contribution in [-0.2, 0) is 4.79 Å². The predicted molar refractivity (Wildman–Crippen MR) is 91.8 cm³/mol. The summed E-state index contributed by atoms with van der Waals surface area (Å²) in [6.45, 7) is 0.141. The number of hydrazine groups is 1. The van der Waals surface area contributed by atoms with E-state index in [-0.39, 0.29) is 23.1 Å². The average molecular weight is 360 g/mol. The first-order valence-electron chi connectivity index (χ1n) is 7.26. The molecule has 8 heteroatoms. The zero-order valence-electron chi connectivity index (χ0n) is 12.9. The number of nitrogens with two attached hydrogens (primary N) is 1. The van der Waals surface area contributed by atoms with Crippen molar-refractivity contribution in [3.63, 3.8) is 0 Å². The highest BCUT2D eigenvalue weighted by molar-refractivity contribution is 6.34. The number of halogens is 1. The maximum Gasteiger partial charge on any atom is 0.281 e. The first-order chi connectivity index (χ1) is 12.1. The van der Waals surface area contributed by atoms with Crippen LogP contribution in [-0.4, -0.2) is 18.6 Å². The lowest BCUT2D eigenvalue weighted by Crippen LogP contribution is -2.38. The van der Waals surface area contributed by atoms with E-state index >= 15 is 0 Å². The summed E-state index contributed by atoms with van der Waals surface area (Å²) in [7, 11) is 0. The van der Waals surface area contributed by atoms with Gasteiger partial charge in [-0.15, -0.1) is 0 Å². The van der Waals surface area contributed by atoms with Crippen LogP contribution in [0.2, 0.25) is 5.02 Å². The summed E-state index contributed by atoms with van der Waals surface area (Å²) in [5, 5.41) is 2.79. The third-order valence-electron chi connectivity index (χ3n) is 3.45. The Balaban J connectivity index is 1.88. The molecular weight excluding hydrogens is 346 g/mol. The largest absolute Gasteiger partial charge is 0.454 e. The van der Waals surface area contributed by atoms with Crippen molar-refractivity contribution in [3.05, 3.63) is 64.3 Å². The van der Waals surface area contributed by atoms with Gasteiger partial charge in [0.2, 0.25) is 6.79 Å². The number of fused-ring (bicyclic) bond motifs is 1. The fraction of sp³-hybridized carbons (Fsp3) is 0.0588. The molecule has 4 N–H and O–H groups in total. The molecule has 0 bridgehead atoms. The standard InChI is InChI=1S/C17H14ClN3O4/c18-12-4-2-1-3-11(12)16(22)20-13(17(23)21-19)7-10-5-6-14-15(8-10)25-9-24-14/h1-8H,9,19H2,(H,20,22)(H,21,23)/b13-7+. The van der Waals surface area contributed by atoms with E-state index in [1.807, 2.05) is 5.43 Å². The smallest absolute Gasteiger partial charge is 0.281 e. The van der Waals surface area contributed by atoms with Crippen molar-refractivity contribution < 1.29 is 19.1 Å². The van der Waals surface area contributed by atoms with E-state index in [0.29, 0.717) is 17.1 Å². The van der Waals surface area contributed by atoms with Crippen molar-refractivity contribution in [1.82, 2.24) is 10.7 Å². The van der Waals surface area contributed by atoms with E-state index in [4.69, 9.17) is 26.9 Å². The van der Waals surface area contributed by atoms with E-state index in [0.717, 1.165) is 0 Å². The van der Waals surface area contributed by atoms with Crippen molar-refractivity contribution in [2.24, 2.45) is 5.84 Å². The minimum atomic E-state index is -0.655. The minimum Gasteiger partial charge on any atom is -0.454 e. The number of carbonyl (C=O) groups is 2. The van der Waals surface area contributed by atoms with Crippen LogP contribution < -0.4 is 26.1 Å². The fourth-order valence-electron chi connectivity index (χ4n) is 2.24. The molecule has 7 nitrogen and oxygen atoms in total. The number of carbonyl (C=O) groups excluding carboxylic acids is 2. The third kappa shape index (κ3) is 3.73. The lowest BCUT2D eigenvalue weighted by Gasteiger charge is -2.10. The van der Waals surface area contributed by atoms with Gasteiger partial charge in [-0.2, -0.15) is 0 Å². The molecule has 1 aliphatic heterocycles. The second-order valence-electron chi connectivity index (χ2n) is 5.08. The van der Waals surface area contributed by atoms with Gasteiger partial charge < -0.3 is 14.8 Å². The highest BCUT2D eigenvalue weighted by Gasteiger charge is 2.17. The molecule has 0 saturated carbocycles. The summed E-state index contributed by atoms with van der Waals surface area (Å²) in [5.74, 6) is 5.18. The van der Waals surface area contributed by atoms with Crippen molar-refractivity contribution in [2.45, 2.75) is 0 Å². The van der Waals surface area contributed by atoms with Gasteiger partial charge in [0.1, 0.15) is 5.70 Å². The molecule has 128 valence electrons. The van der Waals surface area contributed by atoms with Gasteiger partial charge in [-0.3, -0.25) is 15.0 Å². The Morgan fingerprint density at radius 2 is 1.88 bits per heavy atom. The van der Waals surface area contributed by atoms with E-state index in [1.54, 1.807) is 42.5 Å². The molecule has 2 aromatic carbocycles. The quantitative estimate of drug-likeness (QED) is 0.334. The summed E-state index contributed by atoms with van der Waals surface area (Å²) < 4.78 is 10.5. The van der Waals surface area contributed by atoms with Gasteiger partial charge in [0.15, 0.2) is 11.5 Å². The molecule has 1 aliphatic rings. The molecule has 3 rings (SSSR count). The van der Waals surface area contributed by atoms with Gasteiger partial charge in [0.05, 0.1) is 10.6 Å². The molecular formula is C17H14ClN3O4. The molecule has 0 atom stereocenters. The topological polar surface area (TPSA) is 103 Å².